The maximum atomic E-state index is 4.66. The molecule has 1 N–H and O–H groups in total. The maximum Gasteiger partial charge on any atom is 0.0625 e. The lowest BCUT2D eigenvalue weighted by atomic mass is 9.97. The standard InChI is InChI=1S/C16H30N4/c1-4-15-11-16(20(6-3)18-15)13-19(5-2)12-14-7-9-17-10-8-14/h11,14,17H,4-10,12-13H2,1-3H3. The molecule has 4 heteroatoms. The van der Waals surface area contributed by atoms with E-state index in [0.717, 1.165) is 32.0 Å². The summed E-state index contributed by atoms with van der Waals surface area (Å²) in [6.07, 6.45) is 3.67. The second-order valence-electron chi connectivity index (χ2n) is 5.82. The van der Waals surface area contributed by atoms with Crippen LogP contribution in [0.15, 0.2) is 6.07 Å². The number of aryl methyl sites for hydroxylation is 2. The molecule has 1 aliphatic rings. The lowest BCUT2D eigenvalue weighted by Crippen LogP contribution is -2.36. The Hall–Kier alpha value is -0.870. The number of nitrogens with one attached hydrogen (secondary N) is 1. The van der Waals surface area contributed by atoms with Gasteiger partial charge in [0.1, 0.15) is 0 Å². The largest absolute Gasteiger partial charge is 0.317 e. The molecule has 1 saturated heterocycles. The molecule has 2 rings (SSSR count). The molecule has 2 heterocycles. The molecule has 0 spiro atoms. The molecule has 1 fully saturated rings. The second-order valence-corrected chi connectivity index (χ2v) is 5.82. The van der Waals surface area contributed by atoms with Crippen molar-refractivity contribution in [3.63, 3.8) is 0 Å². The highest BCUT2D eigenvalue weighted by Gasteiger charge is 2.17. The van der Waals surface area contributed by atoms with E-state index in [-0.39, 0.29) is 0 Å². The Bertz CT molecular complexity index is 393. The van der Waals surface area contributed by atoms with Crippen LogP contribution in [0.4, 0.5) is 0 Å². The third kappa shape index (κ3) is 4.06. The summed E-state index contributed by atoms with van der Waals surface area (Å²) in [5.41, 5.74) is 2.60. The molecular formula is C16H30N4. The van der Waals surface area contributed by atoms with E-state index in [9.17, 15) is 0 Å². The monoisotopic (exact) mass is 278 g/mol. The highest BCUT2D eigenvalue weighted by atomic mass is 15.3. The van der Waals surface area contributed by atoms with E-state index in [4.69, 9.17) is 0 Å². The van der Waals surface area contributed by atoms with Gasteiger partial charge in [-0.05, 0) is 57.8 Å². The van der Waals surface area contributed by atoms with Crippen molar-refractivity contribution in [2.75, 3.05) is 26.2 Å². The molecule has 0 unspecified atom stereocenters. The number of piperidine rings is 1. The van der Waals surface area contributed by atoms with Gasteiger partial charge in [0.2, 0.25) is 0 Å². The summed E-state index contributed by atoms with van der Waals surface area (Å²) in [5.74, 6) is 0.861. The summed E-state index contributed by atoms with van der Waals surface area (Å²) < 4.78 is 2.17. The van der Waals surface area contributed by atoms with Crippen LogP contribution < -0.4 is 5.32 Å². The van der Waals surface area contributed by atoms with Gasteiger partial charge in [0.15, 0.2) is 0 Å². The van der Waals surface area contributed by atoms with Crippen molar-refractivity contribution < 1.29 is 0 Å². The average molecular weight is 278 g/mol. The van der Waals surface area contributed by atoms with E-state index in [1.54, 1.807) is 0 Å². The summed E-state index contributed by atoms with van der Waals surface area (Å²) in [5, 5.41) is 8.11. The van der Waals surface area contributed by atoms with Gasteiger partial charge < -0.3 is 5.32 Å². The van der Waals surface area contributed by atoms with E-state index in [1.807, 2.05) is 0 Å². The van der Waals surface area contributed by atoms with Gasteiger partial charge in [-0.1, -0.05) is 13.8 Å². The number of hydrogen-bond donors (Lipinski definition) is 1. The maximum absolute atomic E-state index is 4.66. The summed E-state index contributed by atoms with van der Waals surface area (Å²) in [6.45, 7) is 13.4. The fraction of sp³-hybridized carbons (Fsp3) is 0.812. The SMILES string of the molecule is CCc1cc(CN(CC)CC2CCNCC2)n(CC)n1. The molecule has 4 nitrogen and oxygen atoms in total. The quantitative estimate of drug-likeness (QED) is 0.831. The highest BCUT2D eigenvalue weighted by molar-refractivity contribution is 5.10. The van der Waals surface area contributed by atoms with Crippen molar-refractivity contribution in [3.05, 3.63) is 17.5 Å². The number of hydrogen-bond acceptors (Lipinski definition) is 3. The van der Waals surface area contributed by atoms with Crippen molar-refractivity contribution in [1.82, 2.24) is 20.0 Å². The molecule has 1 aromatic heterocycles. The first-order valence-corrected chi connectivity index (χ1v) is 8.25. The van der Waals surface area contributed by atoms with Crippen molar-refractivity contribution in [2.24, 2.45) is 5.92 Å². The Morgan fingerprint density at radius 3 is 2.65 bits per heavy atom. The Morgan fingerprint density at radius 1 is 1.30 bits per heavy atom. The minimum absolute atomic E-state index is 0.861. The molecule has 114 valence electrons. The zero-order valence-electron chi connectivity index (χ0n) is 13.4. The first-order valence-electron chi connectivity index (χ1n) is 8.25. The molecule has 20 heavy (non-hydrogen) atoms. The first-order chi connectivity index (χ1) is 9.76. The minimum atomic E-state index is 0.861. The molecule has 0 atom stereocenters. The van der Waals surface area contributed by atoms with Crippen LogP contribution in [0.25, 0.3) is 0 Å². The smallest absolute Gasteiger partial charge is 0.0625 e. The van der Waals surface area contributed by atoms with Gasteiger partial charge >= 0.3 is 0 Å². The van der Waals surface area contributed by atoms with Gasteiger partial charge in [-0.15, -0.1) is 0 Å². The molecule has 0 radical (unpaired) electrons. The average Bonchev–Trinajstić information content (AvgIpc) is 2.89. The van der Waals surface area contributed by atoms with Gasteiger partial charge in [-0.2, -0.15) is 5.10 Å². The van der Waals surface area contributed by atoms with Crippen molar-refractivity contribution in [1.29, 1.82) is 0 Å². The normalized spacial score (nSPS) is 17.0. The predicted molar refractivity (Wildman–Crippen MR) is 83.8 cm³/mol. The highest BCUT2D eigenvalue weighted by Crippen LogP contribution is 2.16. The second kappa shape index (κ2) is 7.79. The lowest BCUT2D eigenvalue weighted by molar-refractivity contribution is 0.202. The number of rotatable bonds is 7. The van der Waals surface area contributed by atoms with E-state index < -0.39 is 0 Å². The predicted octanol–water partition coefficient (Wildman–Crippen LogP) is 2.29. The zero-order chi connectivity index (χ0) is 14.4. The van der Waals surface area contributed by atoms with Crippen LogP contribution in [-0.2, 0) is 19.5 Å². The Kier molecular flexibility index (Phi) is 6.05. The van der Waals surface area contributed by atoms with Crippen LogP contribution in [0.1, 0.15) is 45.0 Å². The van der Waals surface area contributed by atoms with Crippen LogP contribution in [0.5, 0.6) is 0 Å². The summed E-state index contributed by atoms with van der Waals surface area (Å²) >= 11 is 0. The molecule has 0 saturated carbocycles. The van der Waals surface area contributed by atoms with E-state index >= 15 is 0 Å². The van der Waals surface area contributed by atoms with Crippen molar-refractivity contribution in [3.8, 4) is 0 Å². The topological polar surface area (TPSA) is 33.1 Å². The van der Waals surface area contributed by atoms with E-state index in [0.29, 0.717) is 0 Å². The third-order valence-corrected chi connectivity index (χ3v) is 4.38. The first kappa shape index (κ1) is 15.5. The molecule has 1 aromatic rings. The Morgan fingerprint density at radius 2 is 2.05 bits per heavy atom. The van der Waals surface area contributed by atoms with Gasteiger partial charge in [-0.3, -0.25) is 9.58 Å². The van der Waals surface area contributed by atoms with Crippen molar-refractivity contribution >= 4 is 0 Å². The van der Waals surface area contributed by atoms with E-state index in [1.165, 1.54) is 43.9 Å². The Labute approximate surface area is 123 Å². The molecule has 0 aromatic carbocycles. The summed E-state index contributed by atoms with van der Waals surface area (Å²) in [4.78, 5) is 2.58. The minimum Gasteiger partial charge on any atom is -0.317 e. The molecular weight excluding hydrogens is 248 g/mol. The molecule has 0 aliphatic carbocycles. The zero-order valence-corrected chi connectivity index (χ0v) is 13.4. The molecule has 0 amide bonds. The fourth-order valence-corrected chi connectivity index (χ4v) is 3.05. The van der Waals surface area contributed by atoms with Crippen LogP contribution in [0.3, 0.4) is 0 Å². The van der Waals surface area contributed by atoms with Crippen LogP contribution in [0, 0.1) is 5.92 Å². The Balaban J connectivity index is 1.96. The van der Waals surface area contributed by atoms with E-state index in [2.05, 4.69) is 46.8 Å². The van der Waals surface area contributed by atoms with Gasteiger partial charge in [-0.25, -0.2) is 0 Å². The molecule has 1 aliphatic heterocycles. The van der Waals surface area contributed by atoms with Crippen LogP contribution in [-0.4, -0.2) is 40.9 Å². The molecule has 0 bridgehead atoms. The number of aromatic nitrogens is 2. The fourth-order valence-electron chi connectivity index (χ4n) is 3.05. The third-order valence-electron chi connectivity index (χ3n) is 4.38. The van der Waals surface area contributed by atoms with Crippen LogP contribution >= 0.6 is 0 Å². The number of nitrogens with zero attached hydrogens (tertiary/aromatic N) is 3. The van der Waals surface area contributed by atoms with Crippen molar-refractivity contribution in [2.45, 2.75) is 53.1 Å². The lowest BCUT2D eigenvalue weighted by Gasteiger charge is -2.29. The summed E-state index contributed by atoms with van der Waals surface area (Å²) in [6, 6.07) is 2.29. The van der Waals surface area contributed by atoms with Gasteiger partial charge in [0, 0.05) is 19.6 Å². The van der Waals surface area contributed by atoms with Gasteiger partial charge in [0.05, 0.1) is 11.4 Å². The summed E-state index contributed by atoms with van der Waals surface area (Å²) in [7, 11) is 0. The van der Waals surface area contributed by atoms with Gasteiger partial charge in [0.25, 0.3) is 0 Å². The van der Waals surface area contributed by atoms with Crippen LogP contribution in [0.2, 0.25) is 0 Å².